The number of benzene rings is 1. The van der Waals surface area contributed by atoms with E-state index in [1.165, 1.54) is 0 Å². The van der Waals surface area contributed by atoms with Gasteiger partial charge in [0.1, 0.15) is 11.6 Å². The van der Waals surface area contributed by atoms with Crippen molar-refractivity contribution in [2.24, 2.45) is 0 Å². The van der Waals surface area contributed by atoms with E-state index in [1.54, 1.807) is 6.07 Å². The van der Waals surface area contributed by atoms with E-state index in [9.17, 15) is 4.79 Å². The number of nitrogens with zero attached hydrogens (tertiary/aromatic N) is 1. The molecule has 0 fully saturated rings. The molecular weight excluding hydrogens is 332 g/mol. The number of hydrogen-bond donors (Lipinski definition) is 1. The number of para-hydroxylation sites is 1. The van der Waals surface area contributed by atoms with Gasteiger partial charge < -0.3 is 10.1 Å². The highest BCUT2D eigenvalue weighted by atomic mass is 79.9. The second-order valence-corrected chi connectivity index (χ2v) is 5.83. The highest BCUT2D eigenvalue weighted by Gasteiger charge is 2.27. The Balaban J connectivity index is 1.81. The molecule has 1 aromatic carbocycles. The van der Waals surface area contributed by atoms with Crippen LogP contribution in [0, 0.1) is 6.92 Å². The molecule has 0 spiro atoms. The van der Waals surface area contributed by atoms with Gasteiger partial charge in [-0.2, -0.15) is 0 Å². The molecule has 1 unspecified atom stereocenters. The van der Waals surface area contributed by atoms with Crippen LogP contribution in [-0.2, 0) is 4.79 Å². The average molecular weight is 347 g/mol. The summed E-state index contributed by atoms with van der Waals surface area (Å²) in [4.78, 5) is 16.9. The van der Waals surface area contributed by atoms with E-state index in [-0.39, 0.29) is 11.8 Å². The zero-order chi connectivity index (χ0) is 14.8. The van der Waals surface area contributed by atoms with E-state index in [0.29, 0.717) is 18.8 Å². The Bertz CT molecular complexity index is 688. The predicted molar refractivity (Wildman–Crippen MR) is 84.6 cm³/mol. The van der Waals surface area contributed by atoms with E-state index in [4.69, 9.17) is 4.74 Å². The van der Waals surface area contributed by atoms with Crippen LogP contribution in [-0.4, -0.2) is 17.5 Å². The van der Waals surface area contributed by atoms with Crippen molar-refractivity contribution in [3.05, 3.63) is 52.1 Å². The van der Waals surface area contributed by atoms with Crippen molar-refractivity contribution in [3.8, 4) is 5.75 Å². The summed E-state index contributed by atoms with van der Waals surface area (Å²) in [5, 5.41) is 2.89. The highest BCUT2D eigenvalue weighted by molar-refractivity contribution is 9.10. The smallest absolute Gasteiger partial charge is 0.233 e. The molecule has 1 aliphatic heterocycles. The fourth-order valence-electron chi connectivity index (χ4n) is 2.44. The predicted octanol–water partition coefficient (Wildman–Crippen LogP) is 3.66. The minimum absolute atomic E-state index is 0.0417. The third-order valence-electron chi connectivity index (χ3n) is 3.55. The lowest BCUT2D eigenvalue weighted by molar-refractivity contribution is -0.118. The molecule has 0 saturated carbocycles. The Hall–Kier alpha value is -1.88. The Morgan fingerprint density at radius 1 is 1.33 bits per heavy atom. The van der Waals surface area contributed by atoms with Crippen LogP contribution in [0.1, 0.15) is 23.6 Å². The van der Waals surface area contributed by atoms with Crippen molar-refractivity contribution in [3.63, 3.8) is 0 Å². The third-order valence-corrected chi connectivity index (χ3v) is 4.39. The standard InChI is InChI=1S/C16H15BrN2O2/c1-10-13(17)6-7-15(18-10)19-16(20)12-8-9-21-14-5-3-2-4-11(12)14/h2-7,12H,8-9H2,1H3,(H,18,19,20). The number of carbonyl (C=O) groups excluding carboxylic acids is 1. The molecule has 2 aromatic rings. The maximum atomic E-state index is 12.5. The van der Waals surface area contributed by atoms with Gasteiger partial charge in [0.25, 0.3) is 0 Å². The molecule has 1 atom stereocenters. The van der Waals surface area contributed by atoms with Crippen LogP contribution in [0.25, 0.3) is 0 Å². The van der Waals surface area contributed by atoms with Gasteiger partial charge in [0.15, 0.2) is 0 Å². The highest BCUT2D eigenvalue weighted by Crippen LogP contribution is 2.34. The maximum absolute atomic E-state index is 12.5. The maximum Gasteiger partial charge on any atom is 0.233 e. The number of amides is 1. The lowest BCUT2D eigenvalue weighted by atomic mass is 9.92. The second kappa shape index (κ2) is 5.85. The van der Waals surface area contributed by atoms with Gasteiger partial charge in [0.05, 0.1) is 18.2 Å². The van der Waals surface area contributed by atoms with Gasteiger partial charge >= 0.3 is 0 Å². The number of rotatable bonds is 2. The fourth-order valence-corrected chi connectivity index (χ4v) is 2.66. The molecule has 0 bridgehead atoms. The molecule has 1 aliphatic rings. The molecule has 21 heavy (non-hydrogen) atoms. The zero-order valence-electron chi connectivity index (χ0n) is 11.6. The first-order valence-corrected chi connectivity index (χ1v) is 7.60. The minimum atomic E-state index is -0.194. The molecule has 0 saturated heterocycles. The van der Waals surface area contributed by atoms with Crippen molar-refractivity contribution in [2.45, 2.75) is 19.3 Å². The Kier molecular flexibility index (Phi) is 3.92. The Morgan fingerprint density at radius 3 is 2.95 bits per heavy atom. The normalized spacial score (nSPS) is 16.8. The number of aryl methyl sites for hydroxylation is 1. The van der Waals surface area contributed by atoms with Gasteiger partial charge in [-0.05, 0) is 47.5 Å². The number of anilines is 1. The van der Waals surface area contributed by atoms with Crippen molar-refractivity contribution < 1.29 is 9.53 Å². The first-order valence-electron chi connectivity index (χ1n) is 6.81. The van der Waals surface area contributed by atoms with Crippen LogP contribution in [0.15, 0.2) is 40.9 Å². The molecule has 1 amide bonds. The molecule has 1 N–H and O–H groups in total. The van der Waals surface area contributed by atoms with E-state index in [1.807, 2.05) is 37.3 Å². The third kappa shape index (κ3) is 2.93. The molecular formula is C16H15BrN2O2. The SMILES string of the molecule is Cc1nc(NC(=O)C2CCOc3ccccc32)ccc1Br. The summed E-state index contributed by atoms with van der Waals surface area (Å²) in [5.74, 6) is 1.13. The van der Waals surface area contributed by atoms with Crippen LogP contribution < -0.4 is 10.1 Å². The summed E-state index contributed by atoms with van der Waals surface area (Å²) in [7, 11) is 0. The molecule has 0 aliphatic carbocycles. The zero-order valence-corrected chi connectivity index (χ0v) is 13.2. The Morgan fingerprint density at radius 2 is 2.14 bits per heavy atom. The van der Waals surface area contributed by atoms with Gasteiger partial charge in [-0.25, -0.2) is 4.98 Å². The van der Waals surface area contributed by atoms with E-state index in [0.717, 1.165) is 21.5 Å². The summed E-state index contributed by atoms with van der Waals surface area (Å²) in [6, 6.07) is 11.4. The second-order valence-electron chi connectivity index (χ2n) is 4.98. The molecule has 2 heterocycles. The largest absolute Gasteiger partial charge is 0.493 e. The lowest BCUT2D eigenvalue weighted by Gasteiger charge is -2.24. The minimum Gasteiger partial charge on any atom is -0.493 e. The summed E-state index contributed by atoms with van der Waals surface area (Å²) in [6.45, 7) is 2.45. The molecule has 1 aromatic heterocycles. The molecule has 108 valence electrons. The first kappa shape index (κ1) is 14.1. The quantitative estimate of drug-likeness (QED) is 0.902. The summed E-state index contributed by atoms with van der Waals surface area (Å²) in [5.41, 5.74) is 1.79. The van der Waals surface area contributed by atoms with Crippen molar-refractivity contribution in [1.82, 2.24) is 4.98 Å². The molecule has 0 radical (unpaired) electrons. The van der Waals surface area contributed by atoms with E-state index < -0.39 is 0 Å². The van der Waals surface area contributed by atoms with Crippen molar-refractivity contribution >= 4 is 27.7 Å². The average Bonchev–Trinajstić information content (AvgIpc) is 2.50. The van der Waals surface area contributed by atoms with Crippen LogP contribution in [0.5, 0.6) is 5.75 Å². The van der Waals surface area contributed by atoms with E-state index in [2.05, 4.69) is 26.2 Å². The van der Waals surface area contributed by atoms with Gasteiger partial charge in [-0.15, -0.1) is 0 Å². The number of hydrogen-bond acceptors (Lipinski definition) is 3. The van der Waals surface area contributed by atoms with Gasteiger partial charge in [0, 0.05) is 10.0 Å². The number of aromatic nitrogens is 1. The van der Waals surface area contributed by atoms with Gasteiger partial charge in [-0.3, -0.25) is 4.79 Å². The topological polar surface area (TPSA) is 51.2 Å². The van der Waals surface area contributed by atoms with Crippen LogP contribution in [0.4, 0.5) is 5.82 Å². The molecule has 3 rings (SSSR count). The summed E-state index contributed by atoms with van der Waals surface area (Å²) >= 11 is 3.40. The van der Waals surface area contributed by atoms with Gasteiger partial charge in [-0.1, -0.05) is 18.2 Å². The van der Waals surface area contributed by atoms with Gasteiger partial charge in [0.2, 0.25) is 5.91 Å². The Labute approximate surface area is 131 Å². The van der Waals surface area contributed by atoms with Crippen LogP contribution in [0.2, 0.25) is 0 Å². The fraction of sp³-hybridized carbons (Fsp3) is 0.250. The number of pyridine rings is 1. The van der Waals surface area contributed by atoms with Crippen LogP contribution in [0.3, 0.4) is 0 Å². The number of fused-ring (bicyclic) bond motifs is 1. The van der Waals surface area contributed by atoms with Crippen molar-refractivity contribution in [2.75, 3.05) is 11.9 Å². The first-order chi connectivity index (χ1) is 10.1. The molecule has 4 nitrogen and oxygen atoms in total. The van der Waals surface area contributed by atoms with Crippen molar-refractivity contribution in [1.29, 1.82) is 0 Å². The van der Waals surface area contributed by atoms with E-state index >= 15 is 0 Å². The number of ether oxygens (including phenoxy) is 1. The van der Waals surface area contributed by atoms with Crippen LogP contribution >= 0.6 is 15.9 Å². The number of halogens is 1. The number of carbonyl (C=O) groups is 1. The monoisotopic (exact) mass is 346 g/mol. The summed E-state index contributed by atoms with van der Waals surface area (Å²) < 4.78 is 6.51. The summed E-state index contributed by atoms with van der Waals surface area (Å²) in [6.07, 6.45) is 0.679. The lowest BCUT2D eigenvalue weighted by Crippen LogP contribution is -2.26. The number of nitrogens with one attached hydrogen (secondary N) is 1. The molecule has 5 heteroatoms.